The number of aromatic nitrogens is 2. The lowest BCUT2D eigenvalue weighted by atomic mass is 9.98. The van der Waals surface area contributed by atoms with Crippen molar-refractivity contribution in [2.24, 2.45) is 0 Å². The van der Waals surface area contributed by atoms with Gasteiger partial charge in [-0.3, -0.25) is 4.90 Å². The van der Waals surface area contributed by atoms with Crippen molar-refractivity contribution in [3.05, 3.63) is 60.2 Å². The predicted molar refractivity (Wildman–Crippen MR) is 151 cm³/mol. The van der Waals surface area contributed by atoms with Gasteiger partial charge in [-0.15, -0.1) is 0 Å². The van der Waals surface area contributed by atoms with Gasteiger partial charge in [0.1, 0.15) is 18.1 Å². The van der Waals surface area contributed by atoms with Crippen LogP contribution in [-0.4, -0.2) is 46.5 Å². The molecule has 2 saturated heterocycles. The van der Waals surface area contributed by atoms with Crippen LogP contribution in [0.4, 0.5) is 0 Å². The van der Waals surface area contributed by atoms with Crippen molar-refractivity contribution in [1.82, 2.24) is 14.7 Å². The molecule has 0 N–H and O–H groups in total. The van der Waals surface area contributed by atoms with Gasteiger partial charge >= 0.3 is 0 Å². The monoisotopic (exact) mass is 508 g/mol. The second-order valence-electron chi connectivity index (χ2n) is 10.9. The summed E-state index contributed by atoms with van der Waals surface area (Å²) in [7, 11) is 0. The summed E-state index contributed by atoms with van der Waals surface area (Å²) >= 11 is 0. The van der Waals surface area contributed by atoms with Crippen LogP contribution in [0.3, 0.4) is 0 Å². The molecular weight excluding hydrogens is 472 g/mol. The molecule has 0 spiro atoms. The molecule has 0 aliphatic carbocycles. The third kappa shape index (κ3) is 4.89. The maximum Gasteiger partial charge on any atom is 0.150 e. The van der Waals surface area contributed by atoms with E-state index in [1.54, 1.807) is 0 Å². The molecule has 6 rings (SSSR count). The highest BCUT2D eigenvalue weighted by molar-refractivity contribution is 5.97. The van der Waals surface area contributed by atoms with Crippen molar-refractivity contribution >= 4 is 21.7 Å². The lowest BCUT2D eigenvalue weighted by Gasteiger charge is -2.38. The van der Waals surface area contributed by atoms with E-state index < -0.39 is 0 Å². The van der Waals surface area contributed by atoms with Crippen molar-refractivity contribution in [2.75, 3.05) is 19.8 Å². The molecule has 0 saturated carbocycles. The predicted octanol–water partition coefficient (Wildman–Crippen LogP) is 7.07. The van der Waals surface area contributed by atoms with Crippen molar-refractivity contribution in [3.63, 3.8) is 0 Å². The molecule has 2 aliphatic rings. The maximum absolute atomic E-state index is 9.53. The van der Waals surface area contributed by atoms with Gasteiger partial charge in [-0.25, -0.2) is 4.68 Å². The highest BCUT2D eigenvalue weighted by Crippen LogP contribution is 2.35. The number of rotatable bonds is 6. The smallest absolute Gasteiger partial charge is 0.150 e. The van der Waals surface area contributed by atoms with E-state index >= 15 is 0 Å². The number of benzene rings is 3. The van der Waals surface area contributed by atoms with Gasteiger partial charge < -0.3 is 9.47 Å². The number of piperidine rings is 1. The first-order chi connectivity index (χ1) is 18.6. The van der Waals surface area contributed by atoms with Crippen LogP contribution in [0.25, 0.3) is 32.9 Å². The molecule has 4 aromatic rings. The van der Waals surface area contributed by atoms with E-state index in [0.717, 1.165) is 71.1 Å². The van der Waals surface area contributed by atoms with Crippen LogP contribution < -0.4 is 4.74 Å². The molecule has 3 atom stereocenters. The van der Waals surface area contributed by atoms with Gasteiger partial charge in [0.15, 0.2) is 6.23 Å². The van der Waals surface area contributed by atoms with Crippen LogP contribution in [0.15, 0.2) is 54.6 Å². The first-order valence-corrected chi connectivity index (χ1v) is 14.1. The Labute approximate surface area is 224 Å². The molecule has 2 fully saturated rings. The molecule has 1 aromatic heterocycles. The molecule has 2 aliphatic heterocycles. The minimum absolute atomic E-state index is 0.0657. The second-order valence-corrected chi connectivity index (χ2v) is 10.9. The summed E-state index contributed by atoms with van der Waals surface area (Å²) in [5.41, 5.74) is 3.57. The van der Waals surface area contributed by atoms with Crippen molar-refractivity contribution < 1.29 is 9.47 Å². The van der Waals surface area contributed by atoms with Crippen LogP contribution in [0.5, 0.6) is 5.75 Å². The average molecular weight is 509 g/mol. The molecule has 1 unspecified atom stereocenters. The zero-order chi connectivity index (χ0) is 26.1. The van der Waals surface area contributed by atoms with E-state index in [4.69, 9.17) is 14.6 Å². The lowest BCUT2D eigenvalue weighted by Crippen LogP contribution is -2.45. The zero-order valence-electron chi connectivity index (χ0n) is 22.4. The largest absolute Gasteiger partial charge is 0.492 e. The molecule has 38 heavy (non-hydrogen) atoms. The maximum atomic E-state index is 9.53. The summed E-state index contributed by atoms with van der Waals surface area (Å²) in [6.07, 6.45) is 7.00. The van der Waals surface area contributed by atoms with Crippen molar-refractivity contribution in [3.8, 4) is 23.1 Å². The molecule has 0 amide bonds. The zero-order valence-corrected chi connectivity index (χ0v) is 22.4. The first-order valence-electron chi connectivity index (χ1n) is 14.1. The highest BCUT2D eigenvalue weighted by Gasteiger charge is 2.24. The van der Waals surface area contributed by atoms with E-state index in [9.17, 15) is 5.26 Å². The number of nitrogens with zero attached hydrogens (tertiary/aromatic N) is 4. The molecule has 3 aromatic carbocycles. The first kappa shape index (κ1) is 24.9. The summed E-state index contributed by atoms with van der Waals surface area (Å²) in [5.74, 6) is 0.908. The fourth-order valence-corrected chi connectivity index (χ4v) is 6.21. The van der Waals surface area contributed by atoms with E-state index in [2.05, 4.69) is 61.2 Å². The van der Waals surface area contributed by atoms with Crippen LogP contribution in [0.2, 0.25) is 0 Å². The Hall–Kier alpha value is -3.40. The molecule has 0 bridgehead atoms. The van der Waals surface area contributed by atoms with E-state index in [1.165, 1.54) is 19.3 Å². The van der Waals surface area contributed by atoms with Gasteiger partial charge in [-0.1, -0.05) is 24.6 Å². The Kier molecular flexibility index (Phi) is 7.06. The molecular formula is C32H36N4O2. The van der Waals surface area contributed by atoms with Gasteiger partial charge in [0, 0.05) is 36.2 Å². The summed E-state index contributed by atoms with van der Waals surface area (Å²) in [6.45, 7) is 7.09. The fraction of sp³-hybridized carbons (Fsp3) is 0.438. The van der Waals surface area contributed by atoms with Crippen LogP contribution in [0, 0.1) is 11.3 Å². The number of fused-ring (bicyclic) bond motifs is 2. The van der Waals surface area contributed by atoms with E-state index in [0.29, 0.717) is 24.3 Å². The van der Waals surface area contributed by atoms with Gasteiger partial charge in [0.2, 0.25) is 0 Å². The summed E-state index contributed by atoms with van der Waals surface area (Å²) in [6, 6.07) is 22.1. The Morgan fingerprint density at radius 3 is 2.55 bits per heavy atom. The van der Waals surface area contributed by atoms with Crippen LogP contribution in [0.1, 0.15) is 64.2 Å². The van der Waals surface area contributed by atoms with Gasteiger partial charge in [-0.2, -0.15) is 10.4 Å². The van der Waals surface area contributed by atoms with Crippen molar-refractivity contribution in [1.29, 1.82) is 5.26 Å². The fourth-order valence-electron chi connectivity index (χ4n) is 6.21. The van der Waals surface area contributed by atoms with Crippen LogP contribution in [-0.2, 0) is 4.74 Å². The molecule has 0 radical (unpaired) electrons. The molecule has 6 heteroatoms. The number of ether oxygens (including phenoxy) is 2. The standard InChI is InChI=1S/C32H36N4O2/c1-22-6-5-7-23(2)35(22)15-17-37-28-13-12-25-19-27(11-10-26(25)20-28)32-29-18-24(21-33)9-14-30(29)36(34-32)31-8-3-4-16-38-31/h9-14,18-20,22-23,31H,3-8,15-17H2,1-2H3/t22-,23+,31?. The number of hydrogen-bond acceptors (Lipinski definition) is 5. The number of hydrogen-bond donors (Lipinski definition) is 0. The van der Waals surface area contributed by atoms with Gasteiger partial charge in [-0.05, 0) is 93.1 Å². The van der Waals surface area contributed by atoms with Crippen LogP contribution >= 0.6 is 0 Å². The number of likely N-dealkylation sites (tertiary alicyclic amines) is 1. The van der Waals surface area contributed by atoms with Gasteiger partial charge in [0.25, 0.3) is 0 Å². The normalized spacial score (nSPS) is 22.5. The third-order valence-electron chi connectivity index (χ3n) is 8.34. The average Bonchev–Trinajstić information content (AvgIpc) is 3.33. The van der Waals surface area contributed by atoms with E-state index in [1.807, 2.05) is 22.9 Å². The highest BCUT2D eigenvalue weighted by atomic mass is 16.5. The Bertz CT molecular complexity index is 1470. The third-order valence-corrected chi connectivity index (χ3v) is 8.34. The summed E-state index contributed by atoms with van der Waals surface area (Å²) in [4.78, 5) is 2.58. The topological polar surface area (TPSA) is 63.3 Å². The Morgan fingerprint density at radius 2 is 1.76 bits per heavy atom. The SMILES string of the molecule is C[C@@H]1CCC[C@H](C)N1CCOc1ccc2cc(-c3nn(C4CCCCO4)c4ccc(C#N)cc34)ccc2c1. The second kappa shape index (κ2) is 10.8. The molecule has 6 nitrogen and oxygen atoms in total. The summed E-state index contributed by atoms with van der Waals surface area (Å²) < 4.78 is 14.3. The van der Waals surface area contributed by atoms with Gasteiger partial charge in [0.05, 0.1) is 17.1 Å². The quantitative estimate of drug-likeness (QED) is 0.279. The molecule has 3 heterocycles. The molecule has 196 valence electrons. The minimum Gasteiger partial charge on any atom is -0.492 e. The lowest BCUT2D eigenvalue weighted by molar-refractivity contribution is -0.0365. The Morgan fingerprint density at radius 1 is 0.947 bits per heavy atom. The number of nitriles is 1. The minimum atomic E-state index is -0.0657. The Balaban J connectivity index is 1.26. The van der Waals surface area contributed by atoms with Crippen molar-refractivity contribution in [2.45, 2.75) is 70.7 Å². The summed E-state index contributed by atoms with van der Waals surface area (Å²) in [5, 5.41) is 17.8. The van der Waals surface area contributed by atoms with E-state index in [-0.39, 0.29) is 6.23 Å².